The quantitative estimate of drug-likeness (QED) is 0.769. The van der Waals surface area contributed by atoms with Crippen molar-refractivity contribution in [3.05, 3.63) is 35.4 Å². The standard InChI is InChI=1S/C15H20O4/c1-4-6-11(15(16)17)9-10-12-13(18-2)7-5-8-14(12)19-3/h5,7-9H,4,6,10H2,1-3H3,(H,16,17)/b11-9+. The van der Waals surface area contributed by atoms with E-state index in [2.05, 4.69) is 0 Å². The number of hydrogen-bond donors (Lipinski definition) is 1. The molecule has 0 aliphatic heterocycles. The second-order valence-electron chi connectivity index (χ2n) is 4.13. The lowest BCUT2D eigenvalue weighted by molar-refractivity contribution is -0.132. The monoisotopic (exact) mass is 264 g/mol. The minimum Gasteiger partial charge on any atom is -0.496 e. The van der Waals surface area contributed by atoms with Gasteiger partial charge in [-0.1, -0.05) is 25.5 Å². The number of rotatable bonds is 7. The van der Waals surface area contributed by atoms with Crippen LogP contribution in [0, 0.1) is 0 Å². The molecule has 0 fully saturated rings. The van der Waals surface area contributed by atoms with Crippen molar-refractivity contribution in [1.82, 2.24) is 0 Å². The van der Waals surface area contributed by atoms with Crippen LogP contribution >= 0.6 is 0 Å². The summed E-state index contributed by atoms with van der Waals surface area (Å²) in [5.74, 6) is 0.546. The Bertz CT molecular complexity index is 441. The summed E-state index contributed by atoms with van der Waals surface area (Å²) in [5.41, 5.74) is 1.29. The molecule has 0 aliphatic carbocycles. The van der Waals surface area contributed by atoms with E-state index >= 15 is 0 Å². The van der Waals surface area contributed by atoms with Gasteiger partial charge in [0.2, 0.25) is 0 Å². The molecule has 1 aromatic rings. The van der Waals surface area contributed by atoms with Crippen LogP contribution in [0.1, 0.15) is 25.3 Å². The molecule has 0 unspecified atom stereocenters. The van der Waals surface area contributed by atoms with E-state index in [-0.39, 0.29) is 0 Å². The van der Waals surface area contributed by atoms with Crippen LogP contribution in [0.3, 0.4) is 0 Å². The van der Waals surface area contributed by atoms with Gasteiger partial charge < -0.3 is 14.6 Å². The number of aliphatic carboxylic acids is 1. The van der Waals surface area contributed by atoms with Crippen molar-refractivity contribution in [2.75, 3.05) is 14.2 Å². The van der Waals surface area contributed by atoms with Crippen LogP contribution in [0.2, 0.25) is 0 Å². The predicted molar refractivity (Wildman–Crippen MR) is 73.9 cm³/mol. The summed E-state index contributed by atoms with van der Waals surface area (Å²) in [6.07, 6.45) is 3.58. The van der Waals surface area contributed by atoms with Crippen LogP contribution in [-0.2, 0) is 11.2 Å². The maximum Gasteiger partial charge on any atom is 0.331 e. The molecule has 0 heterocycles. The van der Waals surface area contributed by atoms with Crippen LogP contribution in [0.25, 0.3) is 0 Å². The predicted octanol–water partition coefficient (Wildman–Crippen LogP) is 3.06. The third-order valence-electron chi connectivity index (χ3n) is 2.88. The number of ether oxygens (including phenoxy) is 2. The summed E-state index contributed by atoms with van der Waals surface area (Å²) in [6, 6.07) is 5.52. The number of hydrogen-bond acceptors (Lipinski definition) is 3. The van der Waals surface area contributed by atoms with Crippen molar-refractivity contribution in [3.63, 3.8) is 0 Å². The Hall–Kier alpha value is -1.97. The largest absolute Gasteiger partial charge is 0.496 e. The van der Waals surface area contributed by atoms with Crippen molar-refractivity contribution in [2.24, 2.45) is 0 Å². The third-order valence-corrected chi connectivity index (χ3v) is 2.88. The molecule has 0 amide bonds. The Morgan fingerprint density at radius 2 is 1.84 bits per heavy atom. The minimum absolute atomic E-state index is 0.426. The average Bonchev–Trinajstić information content (AvgIpc) is 2.42. The Labute approximate surface area is 113 Å². The first-order chi connectivity index (χ1) is 9.13. The van der Waals surface area contributed by atoms with Crippen LogP contribution in [-0.4, -0.2) is 25.3 Å². The van der Waals surface area contributed by atoms with Crippen LogP contribution in [0.15, 0.2) is 29.8 Å². The fourth-order valence-electron chi connectivity index (χ4n) is 1.92. The molecule has 1 aromatic carbocycles. The van der Waals surface area contributed by atoms with Gasteiger partial charge in [-0.15, -0.1) is 0 Å². The van der Waals surface area contributed by atoms with Crippen molar-refractivity contribution in [1.29, 1.82) is 0 Å². The SMILES string of the molecule is CCC/C(=C\Cc1c(OC)cccc1OC)C(=O)O. The second kappa shape index (κ2) is 7.46. The number of methoxy groups -OCH3 is 2. The fourth-order valence-corrected chi connectivity index (χ4v) is 1.92. The molecule has 0 saturated carbocycles. The first kappa shape index (κ1) is 15.1. The van der Waals surface area contributed by atoms with Gasteiger partial charge in [0.05, 0.1) is 14.2 Å². The molecule has 4 heteroatoms. The van der Waals surface area contributed by atoms with Gasteiger partial charge in [0, 0.05) is 11.1 Å². The molecule has 0 aliphatic rings. The van der Waals surface area contributed by atoms with E-state index in [1.807, 2.05) is 25.1 Å². The number of carboxylic acid groups (broad SMARTS) is 1. The Morgan fingerprint density at radius 1 is 1.26 bits per heavy atom. The van der Waals surface area contributed by atoms with E-state index in [9.17, 15) is 4.79 Å². The summed E-state index contributed by atoms with van der Waals surface area (Å²) in [6.45, 7) is 1.96. The third kappa shape index (κ3) is 4.02. The van der Waals surface area contributed by atoms with Gasteiger partial charge in [0.15, 0.2) is 0 Å². The van der Waals surface area contributed by atoms with Crippen molar-refractivity contribution in [3.8, 4) is 11.5 Å². The molecule has 104 valence electrons. The van der Waals surface area contributed by atoms with Crippen LogP contribution in [0.4, 0.5) is 0 Å². The zero-order chi connectivity index (χ0) is 14.3. The lowest BCUT2D eigenvalue weighted by Crippen LogP contribution is -2.02. The number of carboxylic acids is 1. The second-order valence-corrected chi connectivity index (χ2v) is 4.13. The maximum absolute atomic E-state index is 11.1. The molecule has 0 bridgehead atoms. The van der Waals surface area contributed by atoms with E-state index in [0.29, 0.717) is 29.9 Å². The van der Waals surface area contributed by atoms with E-state index in [1.165, 1.54) is 0 Å². The van der Waals surface area contributed by atoms with Crippen LogP contribution < -0.4 is 9.47 Å². The van der Waals surface area contributed by atoms with E-state index in [0.717, 1.165) is 12.0 Å². The molecule has 4 nitrogen and oxygen atoms in total. The zero-order valence-electron chi connectivity index (χ0n) is 11.6. The fraction of sp³-hybridized carbons (Fsp3) is 0.400. The Kier molecular flexibility index (Phi) is 5.93. The van der Waals surface area contributed by atoms with Gasteiger partial charge in [-0.3, -0.25) is 0 Å². The van der Waals surface area contributed by atoms with Gasteiger partial charge in [0.1, 0.15) is 11.5 Å². The molecule has 0 atom stereocenters. The highest BCUT2D eigenvalue weighted by Gasteiger charge is 2.11. The van der Waals surface area contributed by atoms with Gasteiger partial charge in [-0.25, -0.2) is 4.79 Å². The Balaban J connectivity index is 3.03. The molecular formula is C15H20O4. The first-order valence-electron chi connectivity index (χ1n) is 6.26. The van der Waals surface area contributed by atoms with Crippen LogP contribution in [0.5, 0.6) is 11.5 Å². The molecule has 0 saturated heterocycles. The highest BCUT2D eigenvalue weighted by molar-refractivity contribution is 5.86. The van der Waals surface area contributed by atoms with Crippen molar-refractivity contribution < 1.29 is 19.4 Å². The smallest absolute Gasteiger partial charge is 0.331 e. The zero-order valence-corrected chi connectivity index (χ0v) is 11.6. The highest BCUT2D eigenvalue weighted by atomic mass is 16.5. The summed E-state index contributed by atoms with van der Waals surface area (Å²) < 4.78 is 10.6. The lowest BCUT2D eigenvalue weighted by atomic mass is 10.0. The summed E-state index contributed by atoms with van der Waals surface area (Å²) in [4.78, 5) is 11.1. The van der Waals surface area contributed by atoms with Gasteiger partial charge in [-0.05, 0) is 25.0 Å². The van der Waals surface area contributed by atoms with Crippen molar-refractivity contribution >= 4 is 5.97 Å². The average molecular weight is 264 g/mol. The van der Waals surface area contributed by atoms with E-state index in [1.54, 1.807) is 20.3 Å². The molecular weight excluding hydrogens is 244 g/mol. The summed E-state index contributed by atoms with van der Waals surface area (Å²) in [7, 11) is 3.18. The number of benzene rings is 1. The summed E-state index contributed by atoms with van der Waals surface area (Å²) >= 11 is 0. The molecule has 0 radical (unpaired) electrons. The van der Waals surface area contributed by atoms with E-state index in [4.69, 9.17) is 14.6 Å². The van der Waals surface area contributed by atoms with Gasteiger partial charge in [-0.2, -0.15) is 0 Å². The molecule has 1 rings (SSSR count). The lowest BCUT2D eigenvalue weighted by Gasteiger charge is -2.11. The molecule has 1 N–H and O–H groups in total. The topological polar surface area (TPSA) is 55.8 Å². The number of carbonyl (C=O) groups is 1. The molecule has 0 aromatic heterocycles. The van der Waals surface area contributed by atoms with Crippen molar-refractivity contribution in [2.45, 2.75) is 26.2 Å². The van der Waals surface area contributed by atoms with Gasteiger partial charge in [0.25, 0.3) is 0 Å². The van der Waals surface area contributed by atoms with E-state index < -0.39 is 5.97 Å². The first-order valence-corrected chi connectivity index (χ1v) is 6.26. The highest BCUT2D eigenvalue weighted by Crippen LogP contribution is 2.29. The molecule has 0 spiro atoms. The minimum atomic E-state index is -0.865. The Morgan fingerprint density at radius 3 is 2.26 bits per heavy atom. The summed E-state index contributed by atoms with van der Waals surface area (Å²) in [5, 5.41) is 9.10. The maximum atomic E-state index is 11.1. The molecule has 19 heavy (non-hydrogen) atoms. The normalized spacial score (nSPS) is 11.2. The van der Waals surface area contributed by atoms with Gasteiger partial charge >= 0.3 is 5.97 Å². The number of allylic oxidation sites excluding steroid dienone is 1.